The highest BCUT2D eigenvalue weighted by Gasteiger charge is 2.17. The molecule has 9 aromatic rings. The normalized spacial score (nSPS) is 18.4. The maximum absolute atomic E-state index is 9.35. The van der Waals surface area contributed by atoms with Crippen LogP contribution in [0.3, 0.4) is 0 Å². The number of benzene rings is 7. The van der Waals surface area contributed by atoms with E-state index in [1.807, 2.05) is 0 Å². The van der Waals surface area contributed by atoms with E-state index in [9.17, 15) is 6.85 Å². The summed E-state index contributed by atoms with van der Waals surface area (Å²) in [5, 5.41) is -1.88. The van der Waals surface area contributed by atoms with Crippen molar-refractivity contribution in [2.45, 2.75) is 0 Å². The average Bonchev–Trinajstić information content (AvgIpc) is 3.66. The van der Waals surface area contributed by atoms with Gasteiger partial charge >= 0.3 is 0 Å². The third-order valence-electron chi connectivity index (χ3n) is 6.87. The molecule has 0 unspecified atom stereocenters. The molecule has 0 spiro atoms. The first-order chi connectivity index (χ1) is 31.4. The summed E-state index contributed by atoms with van der Waals surface area (Å²) in [7, 11) is 0. The third kappa shape index (κ3) is 4.35. The van der Waals surface area contributed by atoms with Crippen LogP contribution in [0, 0.1) is 0 Å². The zero-order valence-electron chi connectivity index (χ0n) is 44.5. The zero-order chi connectivity index (χ0) is 48.9. The topological polar surface area (TPSA) is 51.8 Å². The lowest BCUT2D eigenvalue weighted by Crippen LogP contribution is -2.00. The Morgan fingerprint density at radius 3 is 1.93 bits per heavy atom. The highest BCUT2D eigenvalue weighted by atomic mass is 16.3. The SMILES string of the molecule is [2H]c1cc([2H])c2oc3c([2H])cc([2H])c(-c4nc(-c5c([2H])c([2H])c([2H])c([2H])c5[2H])nc(-c5c([2H])c([2H])c(-c6c([2H])c([2H])c7c([2H])c([2H])c8c([2H])c([2H])c([2H])c([2H])c8c7c6[2H])c([2H])c5[2H])n4)c3c2c1. The van der Waals surface area contributed by atoms with Gasteiger partial charge in [-0.25, -0.2) is 15.0 Å². The number of nitrogens with zero attached hydrogens (tertiary/aromatic N) is 3. The summed E-state index contributed by atoms with van der Waals surface area (Å²) in [5.41, 5.74) is -3.25. The molecular weight excluding hydrogens is 550 g/mol. The Bertz CT molecular complexity index is 3740. The Hall–Kier alpha value is -6.13. The van der Waals surface area contributed by atoms with E-state index in [1.54, 1.807) is 0 Å². The van der Waals surface area contributed by atoms with E-state index in [-0.39, 0.29) is 45.6 Å². The molecule has 0 saturated carbocycles. The maximum atomic E-state index is 9.35. The lowest BCUT2D eigenvalue weighted by molar-refractivity contribution is 0.669. The summed E-state index contributed by atoms with van der Waals surface area (Å²) >= 11 is 0. The van der Waals surface area contributed by atoms with Crippen molar-refractivity contribution < 1.29 is 34.6 Å². The van der Waals surface area contributed by atoms with Crippen molar-refractivity contribution in [3.8, 4) is 45.3 Å². The molecule has 0 aliphatic carbocycles. The highest BCUT2D eigenvalue weighted by Crippen LogP contribution is 2.37. The molecule has 9 rings (SSSR count). The highest BCUT2D eigenvalue weighted by molar-refractivity contribution is 6.12. The van der Waals surface area contributed by atoms with Crippen LogP contribution in [0.15, 0.2) is 156 Å². The van der Waals surface area contributed by atoms with Crippen molar-refractivity contribution in [1.82, 2.24) is 15.0 Å². The quantitative estimate of drug-likeness (QED) is 0.189. The van der Waals surface area contributed by atoms with Gasteiger partial charge in [0.25, 0.3) is 0 Å². The molecule has 0 radical (unpaired) electrons. The Morgan fingerprint density at radius 1 is 0.444 bits per heavy atom. The molecule has 4 heteroatoms. The molecule has 4 nitrogen and oxygen atoms in total. The number of furan rings is 1. The van der Waals surface area contributed by atoms with Crippen LogP contribution in [0.5, 0.6) is 0 Å². The van der Waals surface area contributed by atoms with Gasteiger partial charge in [0.1, 0.15) is 11.2 Å². The number of hydrogen-bond donors (Lipinski definition) is 0. The van der Waals surface area contributed by atoms with Gasteiger partial charge in [0.2, 0.25) is 0 Å². The van der Waals surface area contributed by atoms with Crippen molar-refractivity contribution >= 4 is 43.5 Å². The average molecular weight is 598 g/mol. The van der Waals surface area contributed by atoms with Gasteiger partial charge in [-0.05, 0) is 50.8 Å². The first kappa shape index (κ1) is 11.8. The number of para-hydroxylation sites is 1. The van der Waals surface area contributed by atoms with Gasteiger partial charge in [-0.15, -0.1) is 0 Å². The fraction of sp³-hybridized carbons (Fsp3) is 0. The molecular formula is C41H25N3O. The van der Waals surface area contributed by atoms with Crippen LogP contribution in [0.1, 0.15) is 30.2 Å². The molecule has 2 aromatic heterocycles. The third-order valence-corrected chi connectivity index (χ3v) is 6.87. The van der Waals surface area contributed by atoms with Gasteiger partial charge in [0, 0.05) is 27.5 Å². The summed E-state index contributed by atoms with van der Waals surface area (Å²) in [4.78, 5) is 13.2. The molecule has 0 N–H and O–H groups in total. The van der Waals surface area contributed by atoms with Crippen LogP contribution < -0.4 is 0 Å². The fourth-order valence-electron chi connectivity index (χ4n) is 4.85. The molecule has 0 amide bonds. The van der Waals surface area contributed by atoms with Crippen LogP contribution in [0.25, 0.3) is 88.8 Å². The minimum absolute atomic E-state index is 0.0478. The van der Waals surface area contributed by atoms with E-state index in [2.05, 4.69) is 15.0 Å². The minimum atomic E-state index is -0.952. The zero-order valence-corrected chi connectivity index (χ0v) is 22.5. The van der Waals surface area contributed by atoms with Crippen LogP contribution in [-0.2, 0) is 0 Å². The maximum Gasteiger partial charge on any atom is 0.164 e. The molecule has 45 heavy (non-hydrogen) atoms. The molecule has 2 heterocycles. The minimum Gasteiger partial charge on any atom is -0.456 e. The molecule has 0 fully saturated rings. The Morgan fingerprint density at radius 2 is 1.09 bits per heavy atom. The van der Waals surface area contributed by atoms with E-state index < -0.39 is 176 Å². The molecule has 0 aliphatic rings. The van der Waals surface area contributed by atoms with Crippen LogP contribution >= 0.6 is 0 Å². The monoisotopic (exact) mass is 597 g/mol. The van der Waals surface area contributed by atoms with Gasteiger partial charge in [-0.2, -0.15) is 0 Å². The largest absolute Gasteiger partial charge is 0.456 e. The molecule has 7 aromatic carbocycles. The number of fused-ring (bicyclic) bond motifs is 6. The van der Waals surface area contributed by atoms with E-state index in [0.29, 0.717) is 0 Å². The van der Waals surface area contributed by atoms with Crippen LogP contribution in [-0.4, -0.2) is 15.0 Å². The van der Waals surface area contributed by atoms with E-state index in [4.69, 9.17) is 27.7 Å². The van der Waals surface area contributed by atoms with E-state index in [0.717, 1.165) is 6.07 Å². The van der Waals surface area contributed by atoms with Crippen molar-refractivity contribution in [2.24, 2.45) is 0 Å². The Kier molecular flexibility index (Phi) is 2.68. The Labute approximate surface area is 290 Å². The summed E-state index contributed by atoms with van der Waals surface area (Å²) in [6, 6.07) is -12.3. The molecule has 210 valence electrons. The van der Waals surface area contributed by atoms with Gasteiger partial charge in [0.15, 0.2) is 17.5 Å². The smallest absolute Gasteiger partial charge is 0.164 e. The first-order valence-electron chi connectivity index (χ1n) is 24.2. The summed E-state index contributed by atoms with van der Waals surface area (Å²) < 4.78 is 198. The number of aromatic nitrogens is 3. The van der Waals surface area contributed by atoms with E-state index >= 15 is 0 Å². The standard InChI is InChI=1S/C41H25N3O/c1-2-10-29(11-3-1)39-42-40(44-41(43-39)34-14-8-16-37-38(34)33-13-6-7-15-36(33)45-37)30-22-17-26(18-23-30)31-24-21-28-20-19-27-9-4-5-12-32(27)35(28)25-31/h1-25H/i1D,2D,3D,4D,5D,6D,9D,10D,11D,12D,14D,15D,16D,17D,18D,19D,20D,21D,22D,23D,24D,25D. The van der Waals surface area contributed by atoms with Crippen LogP contribution in [0.2, 0.25) is 0 Å². The first-order valence-corrected chi connectivity index (χ1v) is 13.2. The second kappa shape index (κ2) is 10.2. The summed E-state index contributed by atoms with van der Waals surface area (Å²) in [5.74, 6) is -1.91. The number of hydrogen-bond acceptors (Lipinski definition) is 4. The predicted molar refractivity (Wildman–Crippen MR) is 184 cm³/mol. The van der Waals surface area contributed by atoms with Crippen molar-refractivity contribution in [2.75, 3.05) is 0 Å². The van der Waals surface area contributed by atoms with Crippen molar-refractivity contribution in [3.05, 3.63) is 151 Å². The van der Waals surface area contributed by atoms with Gasteiger partial charge in [-0.3, -0.25) is 0 Å². The molecule has 0 aliphatic heterocycles. The molecule has 0 saturated heterocycles. The molecule has 0 atom stereocenters. The molecule has 0 bridgehead atoms. The van der Waals surface area contributed by atoms with Gasteiger partial charge in [-0.1, -0.05) is 133 Å². The second-order valence-electron chi connectivity index (χ2n) is 9.51. The van der Waals surface area contributed by atoms with Gasteiger partial charge in [0.05, 0.1) is 30.2 Å². The Balaban J connectivity index is 1.40. The lowest BCUT2D eigenvalue weighted by Gasteiger charge is -2.10. The van der Waals surface area contributed by atoms with Crippen molar-refractivity contribution in [3.63, 3.8) is 0 Å². The fourth-order valence-corrected chi connectivity index (χ4v) is 4.85. The number of rotatable bonds is 4. The second-order valence-corrected chi connectivity index (χ2v) is 9.51. The van der Waals surface area contributed by atoms with E-state index in [1.165, 1.54) is 12.1 Å². The predicted octanol–water partition coefficient (Wildman–Crippen LogP) is 10.7. The summed E-state index contributed by atoms with van der Waals surface area (Å²) in [6.45, 7) is 0. The van der Waals surface area contributed by atoms with Gasteiger partial charge < -0.3 is 4.42 Å². The van der Waals surface area contributed by atoms with Crippen molar-refractivity contribution in [1.29, 1.82) is 0 Å². The summed E-state index contributed by atoms with van der Waals surface area (Å²) in [6.07, 6.45) is 0. The van der Waals surface area contributed by atoms with Crippen LogP contribution in [0.4, 0.5) is 0 Å². The lowest BCUT2D eigenvalue weighted by atomic mass is 9.97.